The fourth-order valence-corrected chi connectivity index (χ4v) is 5.91. The largest absolute Gasteiger partial charge is 0.481 e. The lowest BCUT2D eigenvalue weighted by Crippen LogP contribution is -2.28. The number of rotatable bonds is 3. The summed E-state index contributed by atoms with van der Waals surface area (Å²) in [4.78, 5) is 21.3. The molecular formula is C19H23O5P. The quantitative estimate of drug-likeness (QED) is 0.803. The van der Waals surface area contributed by atoms with Crippen molar-refractivity contribution in [3.8, 4) is 0 Å². The van der Waals surface area contributed by atoms with Crippen LogP contribution >= 0.6 is 7.14 Å². The average molecular weight is 362 g/mol. The predicted molar refractivity (Wildman–Crippen MR) is 97.9 cm³/mol. The summed E-state index contributed by atoms with van der Waals surface area (Å²) in [6.45, 7) is 1.50. The zero-order chi connectivity index (χ0) is 18.5. The van der Waals surface area contributed by atoms with E-state index >= 15 is 0 Å². The number of carboxylic acids is 2. The number of hydrogen-bond acceptors (Lipinski definition) is 3. The first-order chi connectivity index (χ1) is 11.8. The topological polar surface area (TPSA) is 91.7 Å². The molecule has 5 nitrogen and oxygen atoms in total. The molecule has 0 saturated carbocycles. The molecule has 2 aliphatic rings. The maximum absolute atomic E-state index is 12.2. The highest BCUT2D eigenvalue weighted by Crippen LogP contribution is 2.50. The Balaban J connectivity index is 0.000000181. The fraction of sp³-hybridized carbons (Fsp3) is 0.368. The van der Waals surface area contributed by atoms with E-state index in [2.05, 4.69) is 0 Å². The van der Waals surface area contributed by atoms with Crippen LogP contribution in [0, 0.1) is 5.41 Å². The highest BCUT2D eigenvalue weighted by molar-refractivity contribution is 7.71. The second-order valence-corrected chi connectivity index (χ2v) is 9.82. The smallest absolute Gasteiger partial charge is 0.331 e. The Bertz CT molecular complexity index is 740. The zero-order valence-corrected chi connectivity index (χ0v) is 15.1. The first-order valence-electron chi connectivity index (χ1n) is 8.26. The molecular weight excluding hydrogens is 339 g/mol. The van der Waals surface area contributed by atoms with Crippen LogP contribution in [0.4, 0.5) is 0 Å². The number of allylic oxidation sites excluding steroid dienone is 2. The molecule has 1 atom stereocenters. The van der Waals surface area contributed by atoms with E-state index in [1.807, 2.05) is 30.3 Å². The van der Waals surface area contributed by atoms with E-state index in [9.17, 15) is 14.2 Å². The lowest BCUT2D eigenvalue weighted by molar-refractivity contribution is -0.145. The van der Waals surface area contributed by atoms with Gasteiger partial charge in [-0.1, -0.05) is 48.6 Å². The Hall–Kier alpha value is -2.13. The Morgan fingerprint density at radius 1 is 1.08 bits per heavy atom. The zero-order valence-electron chi connectivity index (χ0n) is 14.2. The van der Waals surface area contributed by atoms with Crippen molar-refractivity contribution in [2.45, 2.75) is 26.2 Å². The molecule has 0 radical (unpaired) electrons. The van der Waals surface area contributed by atoms with Gasteiger partial charge in [0, 0.05) is 23.2 Å². The van der Waals surface area contributed by atoms with Crippen LogP contribution in [0.3, 0.4) is 0 Å². The van der Waals surface area contributed by atoms with Crippen molar-refractivity contribution < 1.29 is 24.4 Å². The van der Waals surface area contributed by atoms with Gasteiger partial charge in [0.05, 0.1) is 5.41 Å². The Morgan fingerprint density at radius 2 is 1.68 bits per heavy atom. The van der Waals surface area contributed by atoms with Gasteiger partial charge in [0.2, 0.25) is 0 Å². The normalized spacial score (nSPS) is 24.0. The number of carbonyl (C=O) groups is 2. The van der Waals surface area contributed by atoms with E-state index in [0.717, 1.165) is 30.5 Å². The van der Waals surface area contributed by atoms with Crippen LogP contribution in [0.2, 0.25) is 0 Å². The van der Waals surface area contributed by atoms with Crippen LogP contribution in [0.5, 0.6) is 0 Å². The lowest BCUT2D eigenvalue weighted by atomic mass is 9.80. The van der Waals surface area contributed by atoms with Gasteiger partial charge in [-0.2, -0.15) is 0 Å². The molecule has 2 N–H and O–H groups in total. The molecule has 1 aromatic carbocycles. The minimum Gasteiger partial charge on any atom is -0.481 e. The van der Waals surface area contributed by atoms with Crippen LogP contribution in [0.15, 0.2) is 54.1 Å². The molecule has 25 heavy (non-hydrogen) atoms. The van der Waals surface area contributed by atoms with E-state index in [4.69, 9.17) is 10.2 Å². The molecule has 0 amide bonds. The second kappa shape index (κ2) is 7.83. The van der Waals surface area contributed by atoms with Crippen molar-refractivity contribution in [1.82, 2.24) is 0 Å². The van der Waals surface area contributed by atoms with E-state index in [1.165, 1.54) is 25.2 Å². The summed E-state index contributed by atoms with van der Waals surface area (Å²) < 4.78 is 12.2. The summed E-state index contributed by atoms with van der Waals surface area (Å²) in [5.74, 6) is -2.06. The van der Waals surface area contributed by atoms with Crippen LogP contribution in [-0.4, -0.2) is 34.5 Å². The second-order valence-electron chi connectivity index (χ2n) is 6.63. The molecule has 1 unspecified atom stereocenters. The first-order valence-corrected chi connectivity index (χ1v) is 10.3. The maximum Gasteiger partial charge on any atom is 0.331 e. The van der Waals surface area contributed by atoms with Gasteiger partial charge in [-0.15, -0.1) is 0 Å². The SMILES string of the molecule is CC1(C(=O)O)C=CC=C(C(=O)O)C1.O=P1(c2ccccc2)CCCC1. The highest BCUT2D eigenvalue weighted by Gasteiger charge is 2.34. The summed E-state index contributed by atoms with van der Waals surface area (Å²) in [6, 6.07) is 9.95. The van der Waals surface area contributed by atoms with E-state index in [-0.39, 0.29) is 12.0 Å². The van der Waals surface area contributed by atoms with Gasteiger partial charge in [-0.05, 0) is 26.2 Å². The minimum absolute atomic E-state index is 0.0359. The number of aliphatic carboxylic acids is 2. The predicted octanol–water partition coefficient (Wildman–Crippen LogP) is 3.52. The molecule has 0 bridgehead atoms. The van der Waals surface area contributed by atoms with E-state index in [1.54, 1.807) is 0 Å². The van der Waals surface area contributed by atoms with Gasteiger partial charge < -0.3 is 14.8 Å². The Morgan fingerprint density at radius 3 is 2.20 bits per heavy atom. The summed E-state index contributed by atoms with van der Waals surface area (Å²) in [5, 5.41) is 18.6. The third-order valence-electron chi connectivity index (χ3n) is 4.60. The highest BCUT2D eigenvalue weighted by atomic mass is 31.2. The maximum atomic E-state index is 12.2. The van der Waals surface area contributed by atoms with Gasteiger partial charge in [-0.25, -0.2) is 4.79 Å². The number of carboxylic acid groups (broad SMARTS) is 2. The first kappa shape index (κ1) is 19.2. The van der Waals surface area contributed by atoms with Gasteiger partial charge in [-0.3, -0.25) is 4.79 Å². The average Bonchev–Trinajstić information content (AvgIpc) is 3.04. The summed E-state index contributed by atoms with van der Waals surface area (Å²) in [7, 11) is -1.92. The number of benzene rings is 1. The van der Waals surface area contributed by atoms with Crippen molar-refractivity contribution in [3.05, 3.63) is 54.1 Å². The van der Waals surface area contributed by atoms with Gasteiger partial charge in [0.1, 0.15) is 7.14 Å². The van der Waals surface area contributed by atoms with Gasteiger partial charge >= 0.3 is 11.9 Å². The molecule has 3 rings (SSSR count). The molecule has 0 aromatic heterocycles. The molecule has 1 aliphatic heterocycles. The van der Waals surface area contributed by atoms with Crippen LogP contribution in [0.1, 0.15) is 26.2 Å². The van der Waals surface area contributed by atoms with Crippen LogP contribution in [0.25, 0.3) is 0 Å². The molecule has 134 valence electrons. The Labute approximate surface area is 147 Å². The molecule has 6 heteroatoms. The molecule has 1 aromatic rings. The van der Waals surface area contributed by atoms with Gasteiger partial charge in [0.25, 0.3) is 0 Å². The summed E-state index contributed by atoms with van der Waals surface area (Å²) >= 11 is 0. The molecule has 1 fully saturated rings. The summed E-state index contributed by atoms with van der Waals surface area (Å²) in [5.41, 5.74) is -0.949. The number of hydrogen-bond donors (Lipinski definition) is 2. The third kappa shape index (κ3) is 4.70. The third-order valence-corrected chi connectivity index (χ3v) is 7.91. The summed E-state index contributed by atoms with van der Waals surface area (Å²) in [6.07, 6.45) is 8.58. The van der Waals surface area contributed by atoms with Crippen molar-refractivity contribution in [2.24, 2.45) is 5.41 Å². The van der Waals surface area contributed by atoms with E-state index < -0.39 is 24.5 Å². The van der Waals surface area contributed by atoms with Crippen molar-refractivity contribution in [2.75, 3.05) is 12.3 Å². The monoisotopic (exact) mass is 362 g/mol. The standard InChI is InChI=1S/C10H13OP.C9H10O4/c11-12(8-4-5-9-12)10-6-2-1-3-7-10;1-9(8(12)13)4-2-3-6(5-9)7(10)11/h1-3,6-7H,4-5,8-9H2;2-4H,5H2,1H3,(H,10,11)(H,12,13). The van der Waals surface area contributed by atoms with Gasteiger partial charge in [0.15, 0.2) is 0 Å². The molecule has 1 aliphatic carbocycles. The Kier molecular flexibility index (Phi) is 6.02. The lowest BCUT2D eigenvalue weighted by Gasteiger charge is -2.23. The van der Waals surface area contributed by atoms with Crippen LogP contribution < -0.4 is 5.30 Å². The molecule has 0 spiro atoms. The van der Waals surface area contributed by atoms with Crippen molar-refractivity contribution >= 4 is 24.4 Å². The van der Waals surface area contributed by atoms with Crippen LogP contribution in [-0.2, 0) is 14.2 Å². The van der Waals surface area contributed by atoms with Crippen molar-refractivity contribution in [3.63, 3.8) is 0 Å². The molecule has 1 heterocycles. The molecule has 1 saturated heterocycles. The van der Waals surface area contributed by atoms with Crippen molar-refractivity contribution in [1.29, 1.82) is 0 Å². The minimum atomic E-state index is -1.92. The van der Waals surface area contributed by atoms with E-state index in [0.29, 0.717) is 0 Å². The fourth-order valence-electron chi connectivity index (χ4n) is 2.99.